The molecule has 0 spiro atoms. The number of hydrogen-bond acceptors (Lipinski definition) is 5. The third-order valence-electron chi connectivity index (χ3n) is 3.69. The Kier molecular flexibility index (Phi) is 5.40. The van der Waals surface area contributed by atoms with Crippen LogP contribution in [0.4, 0.5) is 0 Å². The molecule has 7 heteroatoms. The maximum atomic E-state index is 12.1. The molecular formula is C14H25N3O3S. The number of hydrogen-bond donors (Lipinski definition) is 1. The lowest BCUT2D eigenvalue weighted by Gasteiger charge is -2.36. The van der Waals surface area contributed by atoms with Crippen LogP contribution in [0.3, 0.4) is 0 Å². The van der Waals surface area contributed by atoms with E-state index in [-0.39, 0.29) is 11.8 Å². The Labute approximate surface area is 126 Å². The van der Waals surface area contributed by atoms with Gasteiger partial charge < -0.3 is 9.42 Å². The highest BCUT2D eigenvalue weighted by Gasteiger charge is 2.24. The molecule has 3 atom stereocenters. The normalized spacial score (nSPS) is 25.9. The summed E-state index contributed by atoms with van der Waals surface area (Å²) in [5.41, 5.74) is 0.426. The van der Waals surface area contributed by atoms with Crippen LogP contribution in [-0.2, 0) is 15.8 Å². The van der Waals surface area contributed by atoms with Gasteiger partial charge in [-0.25, -0.2) is 13.1 Å². The average molecular weight is 315 g/mol. The predicted molar refractivity (Wildman–Crippen MR) is 81.1 cm³/mol. The third kappa shape index (κ3) is 5.41. The van der Waals surface area contributed by atoms with E-state index in [0.29, 0.717) is 17.5 Å². The van der Waals surface area contributed by atoms with Gasteiger partial charge in [0, 0.05) is 31.7 Å². The topological polar surface area (TPSA) is 75.4 Å². The Hall–Kier alpha value is -0.920. The van der Waals surface area contributed by atoms with E-state index in [1.807, 2.05) is 6.92 Å². The van der Waals surface area contributed by atoms with Crippen LogP contribution in [0.15, 0.2) is 16.9 Å². The van der Waals surface area contributed by atoms with Crippen molar-refractivity contribution in [2.45, 2.75) is 39.0 Å². The molecule has 0 aliphatic carbocycles. The highest BCUT2D eigenvalue weighted by molar-refractivity contribution is 7.88. The SMILES string of the molecule is C[C@@H]1C[C@@H](C)CN(C[C@@H](C)NS(=O)(=O)Cc2ccon2)C1. The molecule has 2 rings (SSSR count). The van der Waals surface area contributed by atoms with E-state index in [0.717, 1.165) is 19.6 Å². The molecule has 1 fully saturated rings. The molecule has 1 aliphatic rings. The van der Waals surface area contributed by atoms with Gasteiger partial charge in [0.05, 0.1) is 5.69 Å². The minimum atomic E-state index is -3.38. The molecule has 1 aromatic rings. The molecule has 1 N–H and O–H groups in total. The van der Waals surface area contributed by atoms with E-state index >= 15 is 0 Å². The summed E-state index contributed by atoms with van der Waals surface area (Å²) in [6, 6.07) is 1.46. The zero-order valence-corrected chi connectivity index (χ0v) is 13.8. The lowest BCUT2D eigenvalue weighted by atomic mass is 9.92. The molecule has 1 aromatic heterocycles. The molecule has 2 heterocycles. The second kappa shape index (κ2) is 6.89. The Morgan fingerprint density at radius 2 is 2.10 bits per heavy atom. The summed E-state index contributed by atoms with van der Waals surface area (Å²) < 4.78 is 31.5. The van der Waals surface area contributed by atoms with Gasteiger partial charge in [-0.1, -0.05) is 19.0 Å². The lowest BCUT2D eigenvalue weighted by Crippen LogP contribution is -2.47. The van der Waals surface area contributed by atoms with Gasteiger partial charge >= 0.3 is 0 Å². The largest absolute Gasteiger partial charge is 0.364 e. The first-order valence-electron chi connectivity index (χ1n) is 7.45. The number of rotatable bonds is 6. The molecule has 0 bridgehead atoms. The molecule has 0 radical (unpaired) electrons. The van der Waals surface area contributed by atoms with Crippen molar-refractivity contribution in [3.63, 3.8) is 0 Å². The Bertz CT molecular complexity index is 520. The summed E-state index contributed by atoms with van der Waals surface area (Å²) in [5.74, 6) is 1.21. The van der Waals surface area contributed by atoms with Crippen LogP contribution in [0.1, 0.15) is 32.9 Å². The van der Waals surface area contributed by atoms with E-state index in [1.54, 1.807) is 6.07 Å². The standard InChI is InChI=1S/C14H25N3O3S/c1-11-6-12(2)8-17(7-11)9-13(3)16-21(18,19)10-14-4-5-20-15-14/h4-5,11-13,16H,6-10H2,1-3H3/t11-,12-,13-/m1/s1. The zero-order chi connectivity index (χ0) is 15.5. The van der Waals surface area contributed by atoms with Gasteiger partial charge in [-0.3, -0.25) is 0 Å². The molecule has 6 nitrogen and oxygen atoms in total. The Morgan fingerprint density at radius 1 is 1.43 bits per heavy atom. The molecule has 0 saturated carbocycles. The first-order chi connectivity index (χ1) is 9.84. The molecule has 0 amide bonds. The van der Waals surface area contributed by atoms with Crippen LogP contribution in [0.5, 0.6) is 0 Å². The van der Waals surface area contributed by atoms with Crippen LogP contribution in [0.25, 0.3) is 0 Å². The molecule has 1 aliphatic heterocycles. The smallest absolute Gasteiger partial charge is 0.217 e. The fourth-order valence-electron chi connectivity index (χ4n) is 3.22. The first-order valence-corrected chi connectivity index (χ1v) is 9.11. The van der Waals surface area contributed by atoms with Crippen LogP contribution < -0.4 is 4.72 Å². The summed E-state index contributed by atoms with van der Waals surface area (Å²) in [4.78, 5) is 2.35. The van der Waals surface area contributed by atoms with Gasteiger partial charge in [-0.15, -0.1) is 0 Å². The predicted octanol–water partition coefficient (Wildman–Crippen LogP) is 1.46. The van der Waals surface area contributed by atoms with E-state index < -0.39 is 10.0 Å². The van der Waals surface area contributed by atoms with Crippen LogP contribution in [0.2, 0.25) is 0 Å². The zero-order valence-electron chi connectivity index (χ0n) is 12.9. The molecule has 120 valence electrons. The fraction of sp³-hybridized carbons (Fsp3) is 0.786. The van der Waals surface area contributed by atoms with Crippen LogP contribution in [0, 0.1) is 11.8 Å². The summed E-state index contributed by atoms with van der Waals surface area (Å²) in [6.45, 7) is 9.24. The van der Waals surface area contributed by atoms with Crippen LogP contribution in [-0.4, -0.2) is 44.2 Å². The summed E-state index contributed by atoms with van der Waals surface area (Å²) in [7, 11) is -3.38. The maximum Gasteiger partial charge on any atom is 0.217 e. The molecule has 21 heavy (non-hydrogen) atoms. The lowest BCUT2D eigenvalue weighted by molar-refractivity contribution is 0.134. The van der Waals surface area contributed by atoms with Crippen molar-refractivity contribution in [1.29, 1.82) is 0 Å². The van der Waals surface area contributed by atoms with E-state index in [4.69, 9.17) is 0 Å². The number of piperidine rings is 1. The van der Waals surface area contributed by atoms with E-state index in [1.165, 1.54) is 12.7 Å². The van der Waals surface area contributed by atoms with E-state index in [9.17, 15) is 8.42 Å². The number of nitrogens with one attached hydrogen (secondary N) is 1. The second-order valence-electron chi connectivity index (χ2n) is 6.43. The van der Waals surface area contributed by atoms with Crippen molar-refractivity contribution in [2.24, 2.45) is 11.8 Å². The maximum absolute atomic E-state index is 12.1. The number of aromatic nitrogens is 1. The highest BCUT2D eigenvalue weighted by atomic mass is 32.2. The average Bonchev–Trinajstić information content (AvgIpc) is 2.77. The minimum absolute atomic E-state index is 0.112. The first kappa shape index (κ1) is 16.5. The molecule has 0 aromatic carbocycles. The van der Waals surface area contributed by atoms with Crippen molar-refractivity contribution in [1.82, 2.24) is 14.8 Å². The Balaban J connectivity index is 1.84. The van der Waals surface area contributed by atoms with Crippen molar-refractivity contribution in [3.8, 4) is 0 Å². The summed E-state index contributed by atoms with van der Waals surface area (Å²) >= 11 is 0. The van der Waals surface area contributed by atoms with Gasteiger partial charge in [-0.05, 0) is 25.2 Å². The van der Waals surface area contributed by atoms with Gasteiger partial charge in [-0.2, -0.15) is 0 Å². The van der Waals surface area contributed by atoms with Gasteiger partial charge in [0.2, 0.25) is 10.0 Å². The summed E-state index contributed by atoms with van der Waals surface area (Å²) in [5, 5.41) is 3.64. The van der Waals surface area contributed by atoms with Crippen molar-refractivity contribution < 1.29 is 12.9 Å². The van der Waals surface area contributed by atoms with Crippen molar-refractivity contribution >= 4 is 10.0 Å². The number of sulfonamides is 1. The van der Waals surface area contributed by atoms with Gasteiger partial charge in [0.1, 0.15) is 12.0 Å². The monoisotopic (exact) mass is 315 g/mol. The highest BCUT2D eigenvalue weighted by Crippen LogP contribution is 2.20. The summed E-state index contributed by atoms with van der Waals surface area (Å²) in [6.07, 6.45) is 2.63. The van der Waals surface area contributed by atoms with Crippen molar-refractivity contribution in [3.05, 3.63) is 18.0 Å². The molecule has 0 unspecified atom stereocenters. The van der Waals surface area contributed by atoms with Gasteiger partial charge in [0.25, 0.3) is 0 Å². The van der Waals surface area contributed by atoms with E-state index in [2.05, 4.69) is 33.1 Å². The van der Waals surface area contributed by atoms with Crippen LogP contribution >= 0.6 is 0 Å². The quantitative estimate of drug-likeness (QED) is 0.860. The third-order valence-corrected chi connectivity index (χ3v) is 5.12. The second-order valence-corrected chi connectivity index (χ2v) is 8.19. The minimum Gasteiger partial charge on any atom is -0.364 e. The Morgan fingerprint density at radius 3 is 2.67 bits per heavy atom. The number of nitrogens with zero attached hydrogens (tertiary/aromatic N) is 2. The fourth-order valence-corrected chi connectivity index (χ4v) is 4.53. The molecular weight excluding hydrogens is 290 g/mol. The molecule has 1 saturated heterocycles. The number of likely N-dealkylation sites (tertiary alicyclic amines) is 1. The van der Waals surface area contributed by atoms with Crippen molar-refractivity contribution in [2.75, 3.05) is 19.6 Å². The van der Waals surface area contributed by atoms with Gasteiger partial charge in [0.15, 0.2) is 0 Å².